The molecule has 2 aliphatic rings. The molecule has 208 valence electrons. The molecule has 4 rings (SSSR count). The highest BCUT2D eigenvalue weighted by molar-refractivity contribution is 5.92. The maximum Gasteiger partial charge on any atom is 0.342 e. The van der Waals surface area contributed by atoms with Gasteiger partial charge in [-0.1, -0.05) is 30.3 Å². The van der Waals surface area contributed by atoms with Gasteiger partial charge in [0.2, 0.25) is 6.29 Å². The van der Waals surface area contributed by atoms with Crippen molar-refractivity contribution in [2.45, 2.75) is 61.9 Å². The lowest BCUT2D eigenvalue weighted by atomic mass is 9.99. The molecule has 2 saturated heterocycles. The number of ether oxygens (including phenoxy) is 5. The van der Waals surface area contributed by atoms with Crippen LogP contribution in [0, 0.1) is 0 Å². The van der Waals surface area contributed by atoms with Crippen LogP contribution >= 0.6 is 0 Å². The fourth-order valence-electron chi connectivity index (χ4n) is 3.96. The largest absolute Gasteiger partial charge is 0.507 e. The number of rotatable bonds is 8. The maximum absolute atomic E-state index is 12.4. The van der Waals surface area contributed by atoms with Gasteiger partial charge in [0.1, 0.15) is 66.4 Å². The average molecular weight is 539 g/mol. The average Bonchev–Trinajstić information content (AvgIpc) is 2.91. The van der Waals surface area contributed by atoms with Gasteiger partial charge in [0.15, 0.2) is 6.29 Å². The molecule has 0 amide bonds. The van der Waals surface area contributed by atoms with E-state index in [-0.39, 0.29) is 24.5 Å². The Morgan fingerprint density at radius 2 is 1.58 bits per heavy atom. The second kappa shape index (κ2) is 12.3. The normalized spacial score (nSPS) is 33.5. The Morgan fingerprint density at radius 1 is 0.868 bits per heavy atom. The van der Waals surface area contributed by atoms with Crippen LogP contribution in [0.25, 0.3) is 0 Å². The number of carbonyl (C=O) groups excluding carboxylic acids is 1. The third kappa shape index (κ3) is 6.40. The molecule has 0 bridgehead atoms. The predicted octanol–water partition coefficient (Wildman–Crippen LogP) is -1.61. The summed E-state index contributed by atoms with van der Waals surface area (Å²) in [6, 6.07) is 12.6. The fourth-order valence-corrected chi connectivity index (χ4v) is 3.96. The Bertz CT molecular complexity index is 1070. The van der Waals surface area contributed by atoms with E-state index in [1.54, 1.807) is 24.3 Å². The van der Waals surface area contributed by atoms with Crippen molar-refractivity contribution in [3.63, 3.8) is 0 Å². The predicted molar refractivity (Wildman–Crippen MR) is 125 cm³/mol. The van der Waals surface area contributed by atoms with Crippen LogP contribution < -0.4 is 4.74 Å². The van der Waals surface area contributed by atoms with E-state index in [0.717, 1.165) is 11.6 Å². The van der Waals surface area contributed by atoms with Crippen LogP contribution in [-0.4, -0.2) is 110 Å². The molecule has 9 unspecified atom stereocenters. The summed E-state index contributed by atoms with van der Waals surface area (Å²) in [5.41, 5.74) is 0.639. The third-order valence-corrected chi connectivity index (χ3v) is 6.20. The molecule has 0 aliphatic carbocycles. The SMILES string of the molecule is O=C(OCc1ccccc1)c1ccc(OC2OC(COC3OCC(O)C(O)C3O)C(O)C(O)C2O)cc1O. The van der Waals surface area contributed by atoms with Gasteiger partial charge in [-0.2, -0.15) is 0 Å². The van der Waals surface area contributed by atoms with E-state index in [1.807, 2.05) is 6.07 Å². The molecule has 0 aromatic heterocycles. The van der Waals surface area contributed by atoms with Gasteiger partial charge in [0.05, 0.1) is 13.2 Å². The lowest BCUT2D eigenvalue weighted by molar-refractivity contribution is -0.307. The number of hydrogen-bond acceptors (Lipinski definition) is 13. The van der Waals surface area contributed by atoms with E-state index in [2.05, 4.69) is 0 Å². The standard InChI is InChI=1S/C25H30O13/c26-15-8-13(6-7-14(15)23(33)34-9-12-4-2-1-3-5-12)37-25-22(32)20(30)19(29)17(38-25)11-36-24-21(31)18(28)16(27)10-35-24/h1-8,16-22,24-32H,9-11H2. The van der Waals surface area contributed by atoms with Gasteiger partial charge < -0.3 is 59.4 Å². The van der Waals surface area contributed by atoms with Crippen LogP contribution in [0.1, 0.15) is 15.9 Å². The molecule has 2 heterocycles. The summed E-state index contributed by atoms with van der Waals surface area (Å²) in [5, 5.41) is 70.5. The highest BCUT2D eigenvalue weighted by Gasteiger charge is 2.46. The van der Waals surface area contributed by atoms with Gasteiger partial charge in [-0.25, -0.2) is 4.79 Å². The fraction of sp³-hybridized carbons (Fsp3) is 0.480. The summed E-state index contributed by atoms with van der Waals surface area (Å²) in [6.45, 7) is -0.748. The Hall–Kier alpha value is -2.85. The Balaban J connectivity index is 1.36. The Labute approximate surface area is 217 Å². The van der Waals surface area contributed by atoms with Crippen LogP contribution in [0.15, 0.2) is 48.5 Å². The van der Waals surface area contributed by atoms with Gasteiger partial charge in [-0.3, -0.25) is 0 Å². The monoisotopic (exact) mass is 538 g/mol. The van der Waals surface area contributed by atoms with E-state index in [0.29, 0.717) is 0 Å². The number of aliphatic hydroxyl groups is 6. The molecule has 7 N–H and O–H groups in total. The minimum absolute atomic E-state index is 0.00557. The highest BCUT2D eigenvalue weighted by Crippen LogP contribution is 2.29. The van der Waals surface area contributed by atoms with E-state index in [1.165, 1.54) is 12.1 Å². The van der Waals surface area contributed by atoms with Gasteiger partial charge in [0.25, 0.3) is 0 Å². The summed E-state index contributed by atoms with van der Waals surface area (Å²) < 4.78 is 26.8. The molecule has 0 radical (unpaired) electrons. The van der Waals surface area contributed by atoms with Crippen molar-refractivity contribution in [2.24, 2.45) is 0 Å². The first-order valence-corrected chi connectivity index (χ1v) is 11.8. The molecule has 0 saturated carbocycles. The third-order valence-electron chi connectivity index (χ3n) is 6.20. The number of esters is 1. The molecule has 2 fully saturated rings. The maximum atomic E-state index is 12.4. The molecule has 2 aliphatic heterocycles. The number of hydrogen-bond donors (Lipinski definition) is 7. The van der Waals surface area contributed by atoms with Crippen molar-refractivity contribution < 1.29 is 64.2 Å². The first kappa shape index (κ1) is 28.2. The second-order valence-corrected chi connectivity index (χ2v) is 8.96. The summed E-state index contributed by atoms with van der Waals surface area (Å²) in [7, 11) is 0. The molecule has 13 heteroatoms. The zero-order chi connectivity index (χ0) is 27.4. The van der Waals surface area contributed by atoms with Crippen LogP contribution in [0.3, 0.4) is 0 Å². The lowest BCUT2D eigenvalue weighted by Gasteiger charge is -2.41. The number of phenolic OH excluding ortho intramolecular Hbond substituents is 1. The Morgan fingerprint density at radius 3 is 2.29 bits per heavy atom. The number of aromatic hydroxyl groups is 1. The van der Waals surface area contributed by atoms with Crippen LogP contribution in [-0.2, 0) is 25.6 Å². The molecular weight excluding hydrogens is 508 g/mol. The topological polar surface area (TPSA) is 205 Å². The highest BCUT2D eigenvalue weighted by atomic mass is 16.7. The number of phenols is 1. The molecule has 38 heavy (non-hydrogen) atoms. The van der Waals surface area contributed by atoms with Crippen molar-refractivity contribution in [2.75, 3.05) is 13.2 Å². The summed E-state index contributed by atoms with van der Waals surface area (Å²) >= 11 is 0. The van der Waals surface area contributed by atoms with Crippen molar-refractivity contribution in [3.05, 3.63) is 59.7 Å². The summed E-state index contributed by atoms with van der Waals surface area (Å²) in [5.74, 6) is -1.26. The minimum atomic E-state index is -1.72. The van der Waals surface area contributed by atoms with Crippen LogP contribution in [0.2, 0.25) is 0 Å². The number of carbonyl (C=O) groups is 1. The zero-order valence-electron chi connectivity index (χ0n) is 20.0. The van der Waals surface area contributed by atoms with Crippen molar-refractivity contribution in [1.82, 2.24) is 0 Å². The first-order chi connectivity index (χ1) is 18.2. The van der Waals surface area contributed by atoms with Gasteiger partial charge in [-0.05, 0) is 17.7 Å². The van der Waals surface area contributed by atoms with Crippen LogP contribution in [0.4, 0.5) is 0 Å². The Kier molecular flexibility index (Phi) is 9.15. The molecule has 9 atom stereocenters. The molecular formula is C25H30O13. The van der Waals surface area contributed by atoms with E-state index >= 15 is 0 Å². The molecule has 2 aromatic carbocycles. The minimum Gasteiger partial charge on any atom is -0.507 e. The van der Waals surface area contributed by atoms with Crippen molar-refractivity contribution in [3.8, 4) is 11.5 Å². The molecule has 13 nitrogen and oxygen atoms in total. The van der Waals surface area contributed by atoms with Crippen molar-refractivity contribution in [1.29, 1.82) is 0 Å². The molecule has 0 spiro atoms. The first-order valence-electron chi connectivity index (χ1n) is 11.8. The van der Waals surface area contributed by atoms with Crippen LogP contribution in [0.5, 0.6) is 11.5 Å². The number of benzene rings is 2. The van der Waals surface area contributed by atoms with Gasteiger partial charge in [0, 0.05) is 6.07 Å². The lowest BCUT2D eigenvalue weighted by Crippen LogP contribution is -2.61. The van der Waals surface area contributed by atoms with Gasteiger partial charge in [-0.15, -0.1) is 0 Å². The quantitative estimate of drug-likeness (QED) is 0.189. The van der Waals surface area contributed by atoms with E-state index < -0.39 is 73.6 Å². The smallest absolute Gasteiger partial charge is 0.342 e. The summed E-state index contributed by atoms with van der Waals surface area (Å²) in [6.07, 6.45) is -13.6. The number of aliphatic hydroxyl groups excluding tert-OH is 6. The second-order valence-electron chi connectivity index (χ2n) is 8.96. The van der Waals surface area contributed by atoms with E-state index in [4.69, 9.17) is 23.7 Å². The van der Waals surface area contributed by atoms with Gasteiger partial charge >= 0.3 is 5.97 Å². The zero-order valence-corrected chi connectivity index (χ0v) is 20.0. The van der Waals surface area contributed by atoms with E-state index in [9.17, 15) is 40.5 Å². The summed E-state index contributed by atoms with van der Waals surface area (Å²) in [4.78, 5) is 12.4. The van der Waals surface area contributed by atoms with Crippen molar-refractivity contribution >= 4 is 5.97 Å². The molecule has 2 aromatic rings.